The lowest BCUT2D eigenvalue weighted by Crippen LogP contribution is -2.10. The summed E-state index contributed by atoms with van der Waals surface area (Å²) in [6, 6.07) is 3.15. The van der Waals surface area contributed by atoms with E-state index in [-0.39, 0.29) is 5.56 Å². The van der Waals surface area contributed by atoms with Gasteiger partial charge >= 0.3 is 5.97 Å². The monoisotopic (exact) mass is 289 g/mol. The molecule has 0 amide bonds. The molecule has 0 aliphatic rings. The number of rotatable bonds is 7. The van der Waals surface area contributed by atoms with E-state index in [0.717, 1.165) is 30.9 Å². The first-order chi connectivity index (χ1) is 10.1. The second kappa shape index (κ2) is 6.83. The number of hydrogen-bond donors (Lipinski definition) is 2. The Kier molecular flexibility index (Phi) is 4.86. The van der Waals surface area contributed by atoms with E-state index in [1.54, 1.807) is 12.4 Å². The van der Waals surface area contributed by atoms with E-state index in [4.69, 9.17) is 5.11 Å². The predicted octanol–water partition coefficient (Wildman–Crippen LogP) is 1.96. The lowest BCUT2D eigenvalue weighted by molar-refractivity contribution is 0.0696. The molecule has 2 N–H and O–H groups in total. The minimum atomic E-state index is -0.950. The van der Waals surface area contributed by atoms with Crippen LogP contribution >= 0.6 is 0 Å². The molecule has 0 unspecified atom stereocenters. The fraction of sp³-hybridized carbons (Fsp3) is 0.429. The zero-order chi connectivity index (χ0) is 15.2. The Bertz CT molecular complexity index is 624. The number of hydrogen-bond acceptors (Lipinski definition) is 5. The first kappa shape index (κ1) is 15.0. The molecule has 0 atom stereocenters. The average Bonchev–Trinajstić information content (AvgIpc) is 2.92. The molecule has 0 spiro atoms. The van der Waals surface area contributed by atoms with Gasteiger partial charge in [-0.2, -0.15) is 0 Å². The van der Waals surface area contributed by atoms with E-state index < -0.39 is 5.97 Å². The zero-order valence-electron chi connectivity index (χ0n) is 12.2. The van der Waals surface area contributed by atoms with Gasteiger partial charge in [0.05, 0.1) is 12.1 Å². The summed E-state index contributed by atoms with van der Waals surface area (Å²) in [5.41, 5.74) is 1.02. The van der Waals surface area contributed by atoms with Crippen molar-refractivity contribution < 1.29 is 9.90 Å². The van der Waals surface area contributed by atoms with Gasteiger partial charge in [-0.25, -0.2) is 9.78 Å². The molecular weight excluding hydrogens is 270 g/mol. The van der Waals surface area contributed by atoms with Crippen LogP contribution in [-0.2, 0) is 19.5 Å². The quantitative estimate of drug-likeness (QED) is 0.809. The third-order valence-electron chi connectivity index (χ3n) is 3.10. The molecule has 0 saturated heterocycles. The first-order valence-electron chi connectivity index (χ1n) is 6.98. The van der Waals surface area contributed by atoms with E-state index in [2.05, 4.69) is 20.5 Å². The summed E-state index contributed by atoms with van der Waals surface area (Å²) in [4.78, 5) is 15.6. The number of aryl methyl sites for hydroxylation is 2. The Balaban J connectivity index is 2.16. The molecule has 0 fully saturated rings. The van der Waals surface area contributed by atoms with Gasteiger partial charge in [0, 0.05) is 12.2 Å². The normalized spacial score (nSPS) is 10.6. The number of anilines is 1. The summed E-state index contributed by atoms with van der Waals surface area (Å²) in [6.07, 6.45) is 3.33. The molecule has 0 radical (unpaired) electrons. The number of carboxylic acids is 1. The Morgan fingerprint density at radius 2 is 2.19 bits per heavy atom. The van der Waals surface area contributed by atoms with Crippen molar-refractivity contribution in [1.29, 1.82) is 0 Å². The summed E-state index contributed by atoms with van der Waals surface area (Å²) in [5, 5.41) is 20.2. The summed E-state index contributed by atoms with van der Waals surface area (Å²) < 4.78 is 1.92. The summed E-state index contributed by atoms with van der Waals surface area (Å²) in [7, 11) is 0. The number of nitrogens with one attached hydrogen (secondary N) is 1. The number of nitrogens with zero attached hydrogens (tertiary/aromatic N) is 4. The van der Waals surface area contributed by atoms with E-state index in [0.29, 0.717) is 12.4 Å². The maximum atomic E-state index is 11.2. The van der Waals surface area contributed by atoms with Crippen LogP contribution in [0.1, 0.15) is 42.1 Å². The largest absolute Gasteiger partial charge is 0.478 e. The third-order valence-corrected chi connectivity index (χ3v) is 3.10. The Hall–Kier alpha value is -2.44. The molecule has 2 aromatic heterocycles. The van der Waals surface area contributed by atoms with Crippen LogP contribution in [0.25, 0.3) is 0 Å². The molecule has 7 heteroatoms. The Labute approximate surface area is 123 Å². The van der Waals surface area contributed by atoms with Crippen molar-refractivity contribution in [2.75, 3.05) is 5.32 Å². The number of pyridine rings is 1. The maximum Gasteiger partial charge on any atom is 0.335 e. The molecule has 2 aromatic rings. The number of aromatic carboxylic acids is 1. The molecule has 21 heavy (non-hydrogen) atoms. The van der Waals surface area contributed by atoms with Gasteiger partial charge in [-0.15, -0.1) is 10.2 Å². The fourth-order valence-electron chi connectivity index (χ4n) is 2.04. The van der Waals surface area contributed by atoms with Crippen LogP contribution in [0.15, 0.2) is 18.5 Å². The van der Waals surface area contributed by atoms with E-state index >= 15 is 0 Å². The Morgan fingerprint density at radius 3 is 2.86 bits per heavy atom. The van der Waals surface area contributed by atoms with Crippen molar-refractivity contribution >= 4 is 11.8 Å². The maximum absolute atomic E-state index is 11.2. The smallest absolute Gasteiger partial charge is 0.335 e. The highest BCUT2D eigenvalue weighted by Crippen LogP contribution is 2.13. The van der Waals surface area contributed by atoms with Gasteiger partial charge in [-0.3, -0.25) is 0 Å². The van der Waals surface area contributed by atoms with Crippen molar-refractivity contribution in [3.05, 3.63) is 35.5 Å². The summed E-state index contributed by atoms with van der Waals surface area (Å²) in [6.45, 7) is 5.28. The SMILES string of the molecule is CCCc1cc(C(=O)O)cc(NCc2nncn2CC)n1. The van der Waals surface area contributed by atoms with Crippen LogP contribution in [0.5, 0.6) is 0 Å². The summed E-state index contributed by atoms with van der Waals surface area (Å²) in [5.74, 6) is 0.385. The van der Waals surface area contributed by atoms with Crippen molar-refractivity contribution in [1.82, 2.24) is 19.7 Å². The molecule has 112 valence electrons. The molecule has 2 rings (SSSR count). The highest BCUT2D eigenvalue weighted by atomic mass is 16.4. The van der Waals surface area contributed by atoms with Gasteiger partial charge in [0.2, 0.25) is 0 Å². The topological polar surface area (TPSA) is 92.9 Å². The van der Waals surface area contributed by atoms with E-state index in [9.17, 15) is 4.79 Å². The van der Waals surface area contributed by atoms with Crippen LogP contribution < -0.4 is 5.32 Å². The van der Waals surface area contributed by atoms with E-state index in [1.807, 2.05) is 18.4 Å². The van der Waals surface area contributed by atoms with Crippen LogP contribution in [0.2, 0.25) is 0 Å². The number of carbonyl (C=O) groups is 1. The Morgan fingerprint density at radius 1 is 1.38 bits per heavy atom. The van der Waals surface area contributed by atoms with Gasteiger partial charge in [-0.1, -0.05) is 13.3 Å². The molecule has 0 aliphatic carbocycles. The fourth-order valence-corrected chi connectivity index (χ4v) is 2.04. The second-order valence-electron chi connectivity index (χ2n) is 4.67. The molecule has 0 saturated carbocycles. The molecule has 7 nitrogen and oxygen atoms in total. The van der Waals surface area contributed by atoms with Crippen molar-refractivity contribution in [2.45, 2.75) is 39.8 Å². The predicted molar refractivity (Wildman–Crippen MR) is 78.2 cm³/mol. The van der Waals surface area contributed by atoms with Crippen LogP contribution in [0.4, 0.5) is 5.82 Å². The van der Waals surface area contributed by atoms with E-state index in [1.165, 1.54) is 6.07 Å². The van der Waals surface area contributed by atoms with Gasteiger partial charge < -0.3 is 15.0 Å². The van der Waals surface area contributed by atoms with Crippen LogP contribution in [0.3, 0.4) is 0 Å². The first-order valence-corrected chi connectivity index (χ1v) is 6.98. The average molecular weight is 289 g/mol. The van der Waals surface area contributed by atoms with Gasteiger partial charge in [0.1, 0.15) is 12.1 Å². The van der Waals surface area contributed by atoms with Crippen molar-refractivity contribution in [2.24, 2.45) is 0 Å². The highest BCUT2D eigenvalue weighted by Gasteiger charge is 2.09. The van der Waals surface area contributed by atoms with Crippen molar-refractivity contribution in [3.63, 3.8) is 0 Å². The minimum absolute atomic E-state index is 0.243. The van der Waals surface area contributed by atoms with Gasteiger partial charge in [-0.05, 0) is 25.5 Å². The van der Waals surface area contributed by atoms with Gasteiger partial charge in [0.15, 0.2) is 5.82 Å². The second-order valence-corrected chi connectivity index (χ2v) is 4.67. The zero-order valence-corrected chi connectivity index (χ0v) is 12.2. The lowest BCUT2D eigenvalue weighted by atomic mass is 10.1. The van der Waals surface area contributed by atoms with Crippen LogP contribution in [0, 0.1) is 0 Å². The molecule has 0 bridgehead atoms. The summed E-state index contributed by atoms with van der Waals surface area (Å²) >= 11 is 0. The van der Waals surface area contributed by atoms with Gasteiger partial charge in [0.25, 0.3) is 0 Å². The lowest BCUT2D eigenvalue weighted by Gasteiger charge is -2.09. The molecule has 2 heterocycles. The third kappa shape index (κ3) is 3.77. The number of aromatic nitrogens is 4. The highest BCUT2D eigenvalue weighted by molar-refractivity contribution is 5.88. The minimum Gasteiger partial charge on any atom is -0.478 e. The molecular formula is C14H19N5O2. The molecule has 0 aliphatic heterocycles. The molecule has 0 aromatic carbocycles. The standard InChI is InChI=1S/C14H19N5O2/c1-3-5-11-6-10(14(20)21)7-12(17-11)15-8-13-18-16-9-19(13)4-2/h6-7,9H,3-5,8H2,1-2H3,(H,15,17)(H,20,21). The van der Waals surface area contributed by atoms with Crippen LogP contribution in [-0.4, -0.2) is 30.8 Å². The van der Waals surface area contributed by atoms with Crippen molar-refractivity contribution in [3.8, 4) is 0 Å². The number of carboxylic acid groups (broad SMARTS) is 1.